The van der Waals surface area contributed by atoms with Crippen LogP contribution in [0.4, 0.5) is 5.82 Å². The number of carbonyl (C=O) groups excluding carboxylic acids is 1. The smallest absolute Gasteiger partial charge is 0.243 e. The summed E-state index contributed by atoms with van der Waals surface area (Å²) in [4.78, 5) is 24.1. The molecule has 1 aromatic heterocycles. The fraction of sp³-hybridized carbons (Fsp3) is 0.400. The number of nitriles is 1. The lowest BCUT2D eigenvalue weighted by Gasteiger charge is -2.32. The molecule has 1 fully saturated rings. The number of rotatable bonds is 5. The summed E-state index contributed by atoms with van der Waals surface area (Å²) in [5.41, 5.74) is 1.89. The largest absolute Gasteiger partial charge is 0.355 e. The van der Waals surface area contributed by atoms with Gasteiger partial charge < -0.3 is 10.2 Å². The van der Waals surface area contributed by atoms with Crippen LogP contribution in [0, 0.1) is 17.2 Å². The summed E-state index contributed by atoms with van der Waals surface area (Å²) in [5, 5.41) is 12.4. The molecule has 134 valence electrons. The lowest BCUT2D eigenvalue weighted by Crippen LogP contribution is -2.36. The third-order valence-corrected chi connectivity index (χ3v) is 4.75. The molecule has 1 atom stereocenters. The van der Waals surface area contributed by atoms with E-state index in [-0.39, 0.29) is 5.91 Å². The van der Waals surface area contributed by atoms with E-state index < -0.39 is 5.92 Å². The molecule has 3 rings (SSSR count). The molecule has 2 aromatic rings. The van der Waals surface area contributed by atoms with E-state index >= 15 is 0 Å². The van der Waals surface area contributed by atoms with Crippen LogP contribution in [0.1, 0.15) is 31.4 Å². The van der Waals surface area contributed by atoms with E-state index in [9.17, 15) is 10.1 Å². The van der Waals surface area contributed by atoms with Crippen LogP contribution in [0.25, 0.3) is 11.0 Å². The Morgan fingerprint density at radius 1 is 1.38 bits per heavy atom. The van der Waals surface area contributed by atoms with Crippen LogP contribution >= 0.6 is 0 Å². The van der Waals surface area contributed by atoms with Crippen molar-refractivity contribution in [3.8, 4) is 6.07 Å². The highest BCUT2D eigenvalue weighted by atomic mass is 16.1. The van der Waals surface area contributed by atoms with Crippen molar-refractivity contribution in [2.24, 2.45) is 5.92 Å². The molecule has 0 bridgehead atoms. The topological polar surface area (TPSA) is 81.9 Å². The minimum atomic E-state index is -0.999. The molecule has 0 saturated carbocycles. The third kappa shape index (κ3) is 3.67. The SMILES string of the molecule is C=CCNC(=O)C(C#N)c1nc2ccccc2nc1N1CCC(C)CC1. The molecular weight excluding hydrogens is 326 g/mol. The van der Waals surface area contributed by atoms with E-state index in [2.05, 4.69) is 34.8 Å². The van der Waals surface area contributed by atoms with Crippen LogP contribution in [-0.2, 0) is 4.79 Å². The van der Waals surface area contributed by atoms with Gasteiger partial charge >= 0.3 is 0 Å². The standard InChI is InChI=1S/C20H23N5O/c1-3-10-22-20(26)15(13-21)18-19(25-11-8-14(2)9-12-25)24-17-7-5-4-6-16(17)23-18/h3-7,14-15H,1,8-12H2,2H3,(H,22,26). The minimum Gasteiger partial charge on any atom is -0.355 e. The fourth-order valence-corrected chi connectivity index (χ4v) is 3.17. The number of fused-ring (bicyclic) bond motifs is 1. The molecule has 1 aromatic carbocycles. The second-order valence-corrected chi connectivity index (χ2v) is 6.69. The Balaban J connectivity index is 2.06. The quantitative estimate of drug-likeness (QED) is 0.840. The molecule has 1 amide bonds. The van der Waals surface area contributed by atoms with Crippen LogP contribution < -0.4 is 10.2 Å². The summed E-state index contributed by atoms with van der Waals surface area (Å²) in [6.07, 6.45) is 3.72. The summed E-state index contributed by atoms with van der Waals surface area (Å²) in [6.45, 7) is 7.86. The Morgan fingerprint density at radius 2 is 2.04 bits per heavy atom. The molecule has 6 heteroatoms. The Hall–Kier alpha value is -2.94. The molecule has 6 nitrogen and oxygen atoms in total. The normalized spacial score (nSPS) is 16.1. The van der Waals surface area contributed by atoms with E-state index in [1.165, 1.54) is 0 Å². The lowest BCUT2D eigenvalue weighted by molar-refractivity contribution is -0.121. The van der Waals surface area contributed by atoms with Gasteiger partial charge in [-0.1, -0.05) is 25.1 Å². The number of hydrogen-bond donors (Lipinski definition) is 1. The monoisotopic (exact) mass is 349 g/mol. The first kappa shape index (κ1) is 17.9. The first-order valence-corrected chi connectivity index (χ1v) is 8.94. The van der Waals surface area contributed by atoms with E-state index in [1.54, 1.807) is 6.08 Å². The summed E-state index contributed by atoms with van der Waals surface area (Å²) in [7, 11) is 0. The van der Waals surface area contributed by atoms with Crippen LogP contribution in [0.5, 0.6) is 0 Å². The second-order valence-electron chi connectivity index (χ2n) is 6.69. The highest BCUT2D eigenvalue weighted by Gasteiger charge is 2.29. The number of carbonyl (C=O) groups is 1. The van der Waals surface area contributed by atoms with Gasteiger partial charge in [-0.05, 0) is 30.9 Å². The van der Waals surface area contributed by atoms with Gasteiger partial charge in [0.25, 0.3) is 0 Å². The predicted molar refractivity (Wildman–Crippen MR) is 102 cm³/mol. The number of benzene rings is 1. The molecule has 1 aliphatic heterocycles. The van der Waals surface area contributed by atoms with Gasteiger partial charge in [-0.15, -0.1) is 6.58 Å². The van der Waals surface area contributed by atoms with Gasteiger partial charge in [0.05, 0.1) is 17.1 Å². The number of piperidine rings is 1. The molecule has 1 saturated heterocycles. The molecule has 1 unspecified atom stereocenters. The van der Waals surface area contributed by atoms with Gasteiger partial charge in [0.1, 0.15) is 5.69 Å². The van der Waals surface area contributed by atoms with Gasteiger partial charge in [-0.2, -0.15) is 5.26 Å². The predicted octanol–water partition coefficient (Wildman–Crippen LogP) is 2.78. The van der Waals surface area contributed by atoms with Crippen LogP contribution in [0.3, 0.4) is 0 Å². The van der Waals surface area contributed by atoms with Gasteiger partial charge in [0.15, 0.2) is 11.7 Å². The number of nitrogens with one attached hydrogen (secondary N) is 1. The second kappa shape index (κ2) is 7.96. The van der Waals surface area contributed by atoms with Gasteiger partial charge in [0.2, 0.25) is 5.91 Å². The Labute approximate surface area is 153 Å². The van der Waals surface area contributed by atoms with Crippen molar-refractivity contribution in [2.45, 2.75) is 25.7 Å². The Kier molecular flexibility index (Phi) is 5.47. The maximum atomic E-state index is 12.5. The highest BCUT2D eigenvalue weighted by molar-refractivity contribution is 5.89. The summed E-state index contributed by atoms with van der Waals surface area (Å²) in [5.74, 6) is -0.0494. The molecule has 2 heterocycles. The lowest BCUT2D eigenvalue weighted by atomic mass is 9.98. The van der Waals surface area contributed by atoms with E-state index in [0.717, 1.165) is 31.4 Å². The van der Waals surface area contributed by atoms with Crippen molar-refractivity contribution in [2.75, 3.05) is 24.5 Å². The number of hydrogen-bond acceptors (Lipinski definition) is 5. The van der Waals surface area contributed by atoms with E-state index in [4.69, 9.17) is 4.98 Å². The molecule has 0 aliphatic carbocycles. The average molecular weight is 349 g/mol. The molecule has 1 N–H and O–H groups in total. The average Bonchev–Trinajstić information content (AvgIpc) is 2.67. The minimum absolute atomic E-state index is 0.314. The van der Waals surface area contributed by atoms with Gasteiger partial charge in [0, 0.05) is 19.6 Å². The van der Waals surface area contributed by atoms with Crippen LogP contribution in [-0.4, -0.2) is 35.5 Å². The van der Waals surface area contributed by atoms with Crippen molar-refractivity contribution < 1.29 is 4.79 Å². The van der Waals surface area contributed by atoms with Crippen molar-refractivity contribution in [3.05, 3.63) is 42.6 Å². The Bertz CT molecular complexity index is 849. The van der Waals surface area contributed by atoms with Crippen molar-refractivity contribution in [1.29, 1.82) is 5.26 Å². The van der Waals surface area contributed by atoms with Crippen molar-refractivity contribution in [1.82, 2.24) is 15.3 Å². The number of anilines is 1. The fourth-order valence-electron chi connectivity index (χ4n) is 3.17. The third-order valence-electron chi connectivity index (χ3n) is 4.75. The zero-order chi connectivity index (χ0) is 18.5. The number of amides is 1. The van der Waals surface area contributed by atoms with E-state index in [1.807, 2.05) is 24.3 Å². The molecule has 26 heavy (non-hydrogen) atoms. The summed E-state index contributed by atoms with van der Waals surface area (Å²) < 4.78 is 0. The number of para-hydroxylation sites is 2. The number of nitrogens with zero attached hydrogens (tertiary/aromatic N) is 4. The van der Waals surface area contributed by atoms with Crippen molar-refractivity contribution in [3.63, 3.8) is 0 Å². The van der Waals surface area contributed by atoms with E-state index in [0.29, 0.717) is 29.5 Å². The molecule has 0 radical (unpaired) electrons. The van der Waals surface area contributed by atoms with Crippen molar-refractivity contribution >= 4 is 22.8 Å². The summed E-state index contributed by atoms with van der Waals surface area (Å²) >= 11 is 0. The summed E-state index contributed by atoms with van der Waals surface area (Å²) in [6, 6.07) is 9.65. The number of aromatic nitrogens is 2. The van der Waals surface area contributed by atoms with Gasteiger partial charge in [-0.25, -0.2) is 9.97 Å². The zero-order valence-corrected chi connectivity index (χ0v) is 15.0. The first-order chi connectivity index (χ1) is 12.6. The first-order valence-electron chi connectivity index (χ1n) is 8.94. The maximum absolute atomic E-state index is 12.5. The molecular formula is C20H23N5O. The van der Waals surface area contributed by atoms with Gasteiger partial charge in [-0.3, -0.25) is 4.79 Å². The Morgan fingerprint density at radius 3 is 2.65 bits per heavy atom. The maximum Gasteiger partial charge on any atom is 0.243 e. The molecule has 1 aliphatic rings. The van der Waals surface area contributed by atoms with Crippen LogP contribution in [0.15, 0.2) is 36.9 Å². The molecule has 0 spiro atoms. The highest BCUT2D eigenvalue weighted by Crippen LogP contribution is 2.30. The zero-order valence-electron chi connectivity index (χ0n) is 15.0. The van der Waals surface area contributed by atoms with Crippen LogP contribution in [0.2, 0.25) is 0 Å².